The average molecular weight is 338 g/mol. The Labute approximate surface area is 138 Å². The topological polar surface area (TPSA) is 49.9 Å². The molecule has 1 aromatic rings. The van der Waals surface area contributed by atoms with E-state index >= 15 is 0 Å². The third kappa shape index (κ3) is 3.21. The van der Waals surface area contributed by atoms with Crippen LogP contribution in [0.15, 0.2) is 24.3 Å². The number of carbonyl (C=O) groups is 2. The van der Waals surface area contributed by atoms with Gasteiger partial charge in [0, 0.05) is 18.7 Å². The van der Waals surface area contributed by atoms with Gasteiger partial charge >= 0.3 is 0 Å². The van der Waals surface area contributed by atoms with Crippen LogP contribution >= 0.6 is 11.8 Å². The highest BCUT2D eigenvalue weighted by Crippen LogP contribution is 2.41. The first-order chi connectivity index (χ1) is 11.1. The Bertz CT molecular complexity index is 607. The Morgan fingerprint density at radius 2 is 2.04 bits per heavy atom. The van der Waals surface area contributed by atoms with Crippen LogP contribution in [0.25, 0.3) is 0 Å². The zero-order valence-electron chi connectivity index (χ0n) is 12.9. The van der Waals surface area contributed by atoms with E-state index < -0.39 is 11.4 Å². The maximum atomic E-state index is 14.1. The second-order valence-corrected chi connectivity index (χ2v) is 6.67. The van der Waals surface area contributed by atoms with E-state index in [4.69, 9.17) is 4.74 Å². The lowest BCUT2D eigenvalue weighted by molar-refractivity contribution is -0.146. The highest BCUT2D eigenvalue weighted by atomic mass is 32.2. The summed E-state index contributed by atoms with van der Waals surface area (Å²) in [6, 6.07) is 5.80. The van der Waals surface area contributed by atoms with E-state index in [1.807, 2.05) is 0 Å². The smallest absolute Gasteiger partial charge is 0.245 e. The van der Waals surface area contributed by atoms with Crippen LogP contribution in [0.2, 0.25) is 0 Å². The molecule has 2 atom stereocenters. The van der Waals surface area contributed by atoms with E-state index in [0.29, 0.717) is 31.9 Å². The molecule has 1 aromatic carbocycles. The van der Waals surface area contributed by atoms with Crippen LogP contribution in [0.1, 0.15) is 17.9 Å². The number of morpholine rings is 1. The van der Waals surface area contributed by atoms with Gasteiger partial charge in [0.15, 0.2) is 0 Å². The van der Waals surface area contributed by atoms with Crippen molar-refractivity contribution in [2.45, 2.75) is 18.3 Å². The number of thioether (sulfide) groups is 1. The summed E-state index contributed by atoms with van der Waals surface area (Å²) in [5.41, 5.74) is 0.449. The standard InChI is InChI=1S/C16H19FN2O3S/c1-11(15(21)18-6-8-22-9-7-18)19-14(20)10-23-16(19)12-4-2-3-5-13(12)17/h2-5,11,16H,6-10H2,1H3/t11-,16+/m1/s1. The quantitative estimate of drug-likeness (QED) is 0.841. The molecule has 0 aromatic heterocycles. The van der Waals surface area contributed by atoms with Gasteiger partial charge in [0.05, 0.1) is 19.0 Å². The van der Waals surface area contributed by atoms with Gasteiger partial charge in [-0.3, -0.25) is 9.59 Å². The second-order valence-electron chi connectivity index (χ2n) is 5.60. The molecule has 0 saturated carbocycles. The first-order valence-electron chi connectivity index (χ1n) is 7.63. The molecule has 0 N–H and O–H groups in total. The number of rotatable bonds is 3. The van der Waals surface area contributed by atoms with Crippen molar-refractivity contribution in [2.24, 2.45) is 0 Å². The summed E-state index contributed by atoms with van der Waals surface area (Å²) in [6.07, 6.45) is 0. The van der Waals surface area contributed by atoms with Gasteiger partial charge in [0.2, 0.25) is 11.8 Å². The molecule has 2 heterocycles. The summed E-state index contributed by atoms with van der Waals surface area (Å²) >= 11 is 1.36. The van der Waals surface area contributed by atoms with Crippen molar-refractivity contribution in [3.63, 3.8) is 0 Å². The number of benzene rings is 1. The number of halogens is 1. The molecule has 3 rings (SSSR count). The molecule has 0 unspecified atom stereocenters. The molecule has 124 valence electrons. The van der Waals surface area contributed by atoms with Gasteiger partial charge in [0.1, 0.15) is 17.2 Å². The molecular weight excluding hydrogens is 319 g/mol. The van der Waals surface area contributed by atoms with Gasteiger partial charge in [0.25, 0.3) is 0 Å². The third-order valence-electron chi connectivity index (χ3n) is 4.17. The number of hydrogen-bond donors (Lipinski definition) is 0. The van der Waals surface area contributed by atoms with Gasteiger partial charge in [-0.05, 0) is 13.0 Å². The van der Waals surface area contributed by atoms with E-state index in [9.17, 15) is 14.0 Å². The summed E-state index contributed by atoms with van der Waals surface area (Å²) < 4.78 is 19.4. The Balaban J connectivity index is 1.82. The van der Waals surface area contributed by atoms with Crippen LogP contribution in [-0.2, 0) is 14.3 Å². The lowest BCUT2D eigenvalue weighted by Gasteiger charge is -2.35. The van der Waals surface area contributed by atoms with Crippen molar-refractivity contribution in [2.75, 3.05) is 32.1 Å². The molecule has 0 radical (unpaired) electrons. The summed E-state index contributed by atoms with van der Waals surface area (Å²) in [7, 11) is 0. The molecule has 5 nitrogen and oxygen atoms in total. The van der Waals surface area contributed by atoms with Crippen LogP contribution in [0, 0.1) is 5.82 Å². The van der Waals surface area contributed by atoms with Crippen LogP contribution in [0.3, 0.4) is 0 Å². The molecule has 2 aliphatic rings. The predicted molar refractivity (Wildman–Crippen MR) is 85.3 cm³/mol. The summed E-state index contributed by atoms with van der Waals surface area (Å²) in [6.45, 7) is 3.80. The van der Waals surface area contributed by atoms with Crippen molar-refractivity contribution < 1.29 is 18.7 Å². The third-order valence-corrected chi connectivity index (χ3v) is 5.38. The van der Waals surface area contributed by atoms with Gasteiger partial charge in [-0.1, -0.05) is 18.2 Å². The fourth-order valence-electron chi connectivity index (χ4n) is 2.94. The Hall–Kier alpha value is -1.60. The summed E-state index contributed by atoms with van der Waals surface area (Å²) in [5, 5.41) is -0.455. The van der Waals surface area contributed by atoms with Crippen molar-refractivity contribution in [3.05, 3.63) is 35.6 Å². The molecule has 2 saturated heterocycles. The SMILES string of the molecule is C[C@H](C(=O)N1CCOCC1)N1C(=O)CS[C@H]1c1ccccc1F. The largest absolute Gasteiger partial charge is 0.378 e. The van der Waals surface area contributed by atoms with Gasteiger partial charge < -0.3 is 14.5 Å². The maximum absolute atomic E-state index is 14.1. The van der Waals surface area contributed by atoms with Gasteiger partial charge in [-0.25, -0.2) is 4.39 Å². The normalized spacial score (nSPS) is 23.2. The summed E-state index contributed by atoms with van der Waals surface area (Å²) in [4.78, 5) is 28.2. The lowest BCUT2D eigenvalue weighted by atomic mass is 10.1. The molecule has 7 heteroatoms. The van der Waals surface area contributed by atoms with Gasteiger partial charge in [-0.15, -0.1) is 11.8 Å². The molecule has 0 aliphatic carbocycles. The van der Waals surface area contributed by atoms with Crippen molar-refractivity contribution in [1.29, 1.82) is 0 Å². The minimum atomic E-state index is -0.611. The molecule has 0 bridgehead atoms. The van der Waals surface area contributed by atoms with E-state index in [0.717, 1.165) is 0 Å². The monoisotopic (exact) mass is 338 g/mol. The van der Waals surface area contributed by atoms with Crippen LogP contribution in [-0.4, -0.2) is 59.7 Å². The lowest BCUT2D eigenvalue weighted by Crippen LogP contribution is -2.51. The number of nitrogens with zero attached hydrogens (tertiary/aromatic N) is 2. The minimum absolute atomic E-state index is 0.106. The second kappa shape index (κ2) is 6.88. The number of hydrogen-bond acceptors (Lipinski definition) is 4. The van der Waals surface area contributed by atoms with Crippen LogP contribution in [0.4, 0.5) is 4.39 Å². The molecule has 2 amide bonds. The summed E-state index contributed by atoms with van der Waals surface area (Å²) in [5.74, 6) is -0.321. The van der Waals surface area contributed by atoms with E-state index in [1.165, 1.54) is 22.7 Å². The zero-order valence-corrected chi connectivity index (χ0v) is 13.7. The van der Waals surface area contributed by atoms with Crippen LogP contribution < -0.4 is 0 Å². The maximum Gasteiger partial charge on any atom is 0.245 e. The van der Waals surface area contributed by atoms with Crippen molar-refractivity contribution in [3.8, 4) is 0 Å². The number of ether oxygens (including phenoxy) is 1. The highest BCUT2D eigenvalue weighted by Gasteiger charge is 2.41. The average Bonchev–Trinajstić information content (AvgIpc) is 2.96. The number of carbonyl (C=O) groups excluding carboxylic acids is 2. The number of amides is 2. The predicted octanol–water partition coefficient (Wildman–Crippen LogP) is 1.65. The Morgan fingerprint density at radius 3 is 2.74 bits per heavy atom. The van der Waals surface area contributed by atoms with Gasteiger partial charge in [-0.2, -0.15) is 0 Å². The molecule has 2 fully saturated rings. The van der Waals surface area contributed by atoms with E-state index in [2.05, 4.69) is 0 Å². The fraction of sp³-hybridized carbons (Fsp3) is 0.500. The highest BCUT2D eigenvalue weighted by molar-refractivity contribution is 8.00. The fourth-order valence-corrected chi connectivity index (χ4v) is 4.22. The minimum Gasteiger partial charge on any atom is -0.378 e. The Kier molecular flexibility index (Phi) is 4.87. The van der Waals surface area contributed by atoms with E-state index in [1.54, 1.807) is 30.0 Å². The first kappa shape index (κ1) is 16.3. The van der Waals surface area contributed by atoms with Crippen molar-refractivity contribution >= 4 is 23.6 Å². The van der Waals surface area contributed by atoms with E-state index in [-0.39, 0.29) is 23.4 Å². The van der Waals surface area contributed by atoms with Crippen LogP contribution in [0.5, 0.6) is 0 Å². The molecule has 2 aliphatic heterocycles. The molecular formula is C16H19FN2O3S. The molecule has 0 spiro atoms. The zero-order chi connectivity index (χ0) is 16.4. The Morgan fingerprint density at radius 1 is 1.35 bits per heavy atom. The molecule has 23 heavy (non-hydrogen) atoms. The first-order valence-corrected chi connectivity index (χ1v) is 8.68. The van der Waals surface area contributed by atoms with Crippen molar-refractivity contribution in [1.82, 2.24) is 9.80 Å².